The lowest BCUT2D eigenvalue weighted by molar-refractivity contribution is 0.0506. The Morgan fingerprint density at radius 2 is 2.00 bits per heavy atom. The molecular formula is C15H21N5O5S2. The summed E-state index contributed by atoms with van der Waals surface area (Å²) in [5.74, 6) is 0.605. The van der Waals surface area contributed by atoms with Gasteiger partial charge in [-0.15, -0.1) is 0 Å². The molecule has 0 aliphatic carbocycles. The maximum Gasteiger partial charge on any atom is 0.274 e. The first-order chi connectivity index (χ1) is 12.8. The van der Waals surface area contributed by atoms with Crippen LogP contribution in [-0.2, 0) is 14.8 Å². The Morgan fingerprint density at radius 1 is 1.30 bits per heavy atom. The molecule has 10 nitrogen and oxygen atoms in total. The lowest BCUT2D eigenvalue weighted by Gasteiger charge is -2.30. The average Bonchev–Trinajstić information content (AvgIpc) is 2.66. The highest BCUT2D eigenvalue weighted by Crippen LogP contribution is 2.33. The summed E-state index contributed by atoms with van der Waals surface area (Å²) in [4.78, 5) is 12.2. The number of amidine groups is 2. The molecule has 1 atom stereocenters. The Hall–Kier alpha value is -2.31. The second-order valence-corrected chi connectivity index (χ2v) is 7.73. The van der Waals surface area contributed by atoms with E-state index in [1.54, 1.807) is 19.2 Å². The first-order valence-corrected chi connectivity index (χ1v) is 10.3. The standard InChI is InChI=1S/C15H21N5O5S2/c1-9-17-14(19-13(16)26-5)20(15(18-9)25-4)27(21,22)12-8-10(23-2)6-7-11(12)24-3/h6-8,15H,1-5H3,(H2,16,17,18,19). The number of rotatable bonds is 5. The molecule has 12 heteroatoms. The Morgan fingerprint density at radius 3 is 2.56 bits per heavy atom. The zero-order valence-electron chi connectivity index (χ0n) is 15.5. The predicted molar refractivity (Wildman–Crippen MR) is 105 cm³/mol. The molecule has 0 fully saturated rings. The van der Waals surface area contributed by atoms with Crippen molar-refractivity contribution in [3.63, 3.8) is 0 Å². The first-order valence-electron chi connectivity index (χ1n) is 7.59. The molecule has 1 aliphatic heterocycles. The zero-order chi connectivity index (χ0) is 20.2. The van der Waals surface area contributed by atoms with Crippen LogP contribution in [0.25, 0.3) is 0 Å². The van der Waals surface area contributed by atoms with Crippen LogP contribution in [0.1, 0.15) is 6.92 Å². The quantitative estimate of drug-likeness (QED) is 0.563. The van der Waals surface area contributed by atoms with E-state index in [4.69, 9.17) is 19.9 Å². The Balaban J connectivity index is 2.69. The van der Waals surface area contributed by atoms with Crippen LogP contribution < -0.4 is 15.2 Å². The molecular weight excluding hydrogens is 394 g/mol. The number of guanidine groups is 1. The van der Waals surface area contributed by atoms with E-state index in [1.807, 2.05) is 0 Å². The van der Waals surface area contributed by atoms with Crippen LogP contribution in [0.15, 0.2) is 38.1 Å². The van der Waals surface area contributed by atoms with E-state index in [0.29, 0.717) is 11.6 Å². The summed E-state index contributed by atoms with van der Waals surface area (Å²) in [6.45, 7) is 1.60. The monoisotopic (exact) mass is 415 g/mol. The van der Waals surface area contributed by atoms with Gasteiger partial charge in [0, 0.05) is 13.2 Å². The number of nitrogens with zero attached hydrogens (tertiary/aromatic N) is 4. The van der Waals surface area contributed by atoms with E-state index in [-0.39, 0.29) is 21.8 Å². The largest absolute Gasteiger partial charge is 0.497 e. The third kappa shape index (κ3) is 4.34. The maximum atomic E-state index is 13.4. The molecule has 2 N–H and O–H groups in total. The van der Waals surface area contributed by atoms with Gasteiger partial charge in [-0.3, -0.25) is 0 Å². The lowest BCUT2D eigenvalue weighted by atomic mass is 10.3. The molecule has 2 rings (SSSR count). The first kappa shape index (κ1) is 21.0. The van der Waals surface area contributed by atoms with Gasteiger partial charge in [0.1, 0.15) is 22.2 Å². The smallest absolute Gasteiger partial charge is 0.274 e. The fourth-order valence-electron chi connectivity index (χ4n) is 2.22. The van der Waals surface area contributed by atoms with Gasteiger partial charge in [0.2, 0.25) is 12.3 Å². The number of benzene rings is 1. The van der Waals surface area contributed by atoms with Crippen molar-refractivity contribution in [3.8, 4) is 11.5 Å². The Kier molecular flexibility index (Phi) is 6.68. The molecule has 0 spiro atoms. The topological polar surface area (TPSA) is 128 Å². The predicted octanol–water partition coefficient (Wildman–Crippen LogP) is 1.09. The molecule has 1 aromatic carbocycles. The van der Waals surface area contributed by atoms with Crippen molar-refractivity contribution in [1.29, 1.82) is 0 Å². The van der Waals surface area contributed by atoms with Crippen molar-refractivity contribution in [2.45, 2.75) is 18.2 Å². The van der Waals surface area contributed by atoms with Crippen molar-refractivity contribution in [2.75, 3.05) is 27.6 Å². The fourth-order valence-corrected chi connectivity index (χ4v) is 3.94. The molecule has 27 heavy (non-hydrogen) atoms. The molecule has 0 radical (unpaired) electrons. The summed E-state index contributed by atoms with van der Waals surface area (Å²) in [7, 11) is -0.102. The number of aliphatic imine (C=N–C) groups is 3. The number of sulfonamides is 1. The van der Waals surface area contributed by atoms with E-state index in [0.717, 1.165) is 16.1 Å². The molecule has 0 bridgehead atoms. The minimum atomic E-state index is -4.23. The highest BCUT2D eigenvalue weighted by molar-refractivity contribution is 8.13. The van der Waals surface area contributed by atoms with Gasteiger partial charge in [-0.1, -0.05) is 11.8 Å². The van der Waals surface area contributed by atoms with Gasteiger partial charge >= 0.3 is 0 Å². The van der Waals surface area contributed by atoms with E-state index < -0.39 is 16.4 Å². The van der Waals surface area contributed by atoms with Crippen LogP contribution in [0.2, 0.25) is 0 Å². The summed E-state index contributed by atoms with van der Waals surface area (Å²) in [6, 6.07) is 4.41. The van der Waals surface area contributed by atoms with Crippen LogP contribution in [0.3, 0.4) is 0 Å². The van der Waals surface area contributed by atoms with Crippen molar-refractivity contribution in [1.82, 2.24) is 4.31 Å². The van der Waals surface area contributed by atoms with Crippen molar-refractivity contribution < 1.29 is 22.6 Å². The summed E-state index contributed by atoms with van der Waals surface area (Å²) >= 11 is 1.15. The normalized spacial score (nSPS) is 18.0. The van der Waals surface area contributed by atoms with Gasteiger partial charge < -0.3 is 19.9 Å². The van der Waals surface area contributed by atoms with Gasteiger partial charge in [0.05, 0.1) is 14.2 Å². The maximum absolute atomic E-state index is 13.4. The fraction of sp³-hybridized carbons (Fsp3) is 0.400. The third-order valence-corrected chi connectivity index (χ3v) is 5.74. The van der Waals surface area contributed by atoms with Gasteiger partial charge in [0.15, 0.2) is 5.17 Å². The van der Waals surface area contributed by atoms with Crippen LogP contribution in [0.4, 0.5) is 0 Å². The molecule has 0 saturated heterocycles. The average molecular weight is 415 g/mol. The van der Waals surface area contributed by atoms with Crippen LogP contribution >= 0.6 is 11.8 Å². The van der Waals surface area contributed by atoms with Crippen molar-refractivity contribution in [3.05, 3.63) is 18.2 Å². The van der Waals surface area contributed by atoms with Crippen molar-refractivity contribution >= 4 is 38.7 Å². The van der Waals surface area contributed by atoms with Crippen LogP contribution in [0, 0.1) is 0 Å². The summed E-state index contributed by atoms with van der Waals surface area (Å²) < 4.78 is 43.3. The molecule has 0 amide bonds. The second-order valence-electron chi connectivity index (χ2n) is 5.12. The van der Waals surface area contributed by atoms with Gasteiger partial charge in [-0.05, 0) is 25.3 Å². The summed E-state index contributed by atoms with van der Waals surface area (Å²) in [6.07, 6.45) is 0.512. The zero-order valence-corrected chi connectivity index (χ0v) is 17.2. The Labute approximate surface area is 162 Å². The Bertz CT molecular complexity index is 898. The minimum Gasteiger partial charge on any atom is -0.497 e. The number of methoxy groups -OCH3 is 3. The molecule has 1 unspecified atom stereocenters. The molecule has 0 saturated carbocycles. The summed E-state index contributed by atoms with van der Waals surface area (Å²) in [5, 5.41) is 0.135. The van der Waals surface area contributed by atoms with Crippen LogP contribution in [-0.4, -0.2) is 63.6 Å². The summed E-state index contributed by atoms with van der Waals surface area (Å²) in [5.41, 5.74) is 5.77. The third-order valence-electron chi connectivity index (χ3n) is 3.49. The van der Waals surface area contributed by atoms with Gasteiger partial charge in [-0.25, -0.2) is 13.4 Å². The van der Waals surface area contributed by atoms with E-state index >= 15 is 0 Å². The molecule has 148 valence electrons. The molecule has 1 aromatic rings. The number of hydrogen-bond donors (Lipinski definition) is 1. The SMILES string of the molecule is COc1ccc(OC)c(S(=O)(=O)N2C(N=C(N)SC)=NC(C)=NC2OC)c1. The number of nitrogens with two attached hydrogens (primary N) is 1. The molecule has 0 aromatic heterocycles. The van der Waals surface area contributed by atoms with E-state index in [1.165, 1.54) is 33.5 Å². The lowest BCUT2D eigenvalue weighted by Crippen LogP contribution is -2.47. The number of hydrogen-bond acceptors (Lipinski definition) is 9. The highest BCUT2D eigenvalue weighted by atomic mass is 32.2. The van der Waals surface area contributed by atoms with E-state index in [9.17, 15) is 8.42 Å². The number of ether oxygens (including phenoxy) is 3. The van der Waals surface area contributed by atoms with Gasteiger partial charge in [-0.2, -0.15) is 14.3 Å². The van der Waals surface area contributed by atoms with Gasteiger partial charge in [0.25, 0.3) is 10.0 Å². The highest BCUT2D eigenvalue weighted by Gasteiger charge is 2.39. The number of thioether (sulfide) groups is 1. The van der Waals surface area contributed by atoms with Crippen LogP contribution in [0.5, 0.6) is 11.5 Å². The second kappa shape index (κ2) is 8.59. The molecule has 1 heterocycles. The minimum absolute atomic E-state index is 0.123. The van der Waals surface area contributed by atoms with Crippen molar-refractivity contribution in [2.24, 2.45) is 20.7 Å². The molecule has 1 aliphatic rings. The van der Waals surface area contributed by atoms with E-state index in [2.05, 4.69) is 15.0 Å².